The highest BCUT2D eigenvalue weighted by Gasteiger charge is 2.15. The van der Waals surface area contributed by atoms with Crippen molar-refractivity contribution in [2.75, 3.05) is 19.8 Å². The second-order valence-corrected chi connectivity index (χ2v) is 6.54. The zero-order valence-corrected chi connectivity index (χ0v) is 15.6. The van der Waals surface area contributed by atoms with E-state index in [2.05, 4.69) is 53.2 Å². The van der Waals surface area contributed by atoms with E-state index in [0.29, 0.717) is 19.7 Å². The molecule has 0 fully saturated rings. The van der Waals surface area contributed by atoms with E-state index in [9.17, 15) is 5.11 Å². The topological polar surface area (TPSA) is 50.5 Å². The van der Waals surface area contributed by atoms with Gasteiger partial charge in [-0.25, -0.2) is 4.98 Å². The summed E-state index contributed by atoms with van der Waals surface area (Å²) in [5, 5.41) is 11.9. The van der Waals surface area contributed by atoms with Gasteiger partial charge >= 0.3 is 0 Å². The number of aliphatic hydroxyl groups is 1. The fourth-order valence-electron chi connectivity index (χ4n) is 3.17. The van der Waals surface area contributed by atoms with E-state index in [4.69, 9.17) is 4.74 Å². The van der Waals surface area contributed by atoms with Gasteiger partial charge in [-0.1, -0.05) is 37.3 Å². The van der Waals surface area contributed by atoms with Crippen LogP contribution in [0.15, 0.2) is 48.9 Å². The first-order valence-electron chi connectivity index (χ1n) is 9.14. The fraction of sp³-hybridized carbons (Fsp3) is 0.381. The molecule has 5 nitrogen and oxygen atoms in total. The number of hydrogen-bond acceptors (Lipinski definition) is 4. The SMILES string of the molecule is CCCOc1ccc2ccccc2c1CN(CCO)Cc1cncn1C. The predicted octanol–water partition coefficient (Wildman–Crippen LogP) is 3.36. The minimum Gasteiger partial charge on any atom is -0.493 e. The molecule has 0 bridgehead atoms. The molecule has 5 heteroatoms. The van der Waals surface area contributed by atoms with Crippen molar-refractivity contribution in [3.8, 4) is 5.75 Å². The smallest absolute Gasteiger partial charge is 0.124 e. The Hall–Kier alpha value is -2.37. The maximum absolute atomic E-state index is 9.54. The lowest BCUT2D eigenvalue weighted by Crippen LogP contribution is -2.27. The summed E-state index contributed by atoms with van der Waals surface area (Å²) in [5.74, 6) is 0.929. The maximum atomic E-state index is 9.54. The molecule has 3 rings (SSSR count). The summed E-state index contributed by atoms with van der Waals surface area (Å²) in [6.45, 7) is 4.98. The van der Waals surface area contributed by atoms with Crippen molar-refractivity contribution in [1.29, 1.82) is 0 Å². The van der Waals surface area contributed by atoms with Gasteiger partial charge in [-0.05, 0) is 23.3 Å². The van der Waals surface area contributed by atoms with Crippen LogP contribution in [0.2, 0.25) is 0 Å². The van der Waals surface area contributed by atoms with E-state index >= 15 is 0 Å². The van der Waals surface area contributed by atoms with E-state index in [1.54, 1.807) is 6.33 Å². The molecular formula is C21H27N3O2. The summed E-state index contributed by atoms with van der Waals surface area (Å²) >= 11 is 0. The molecule has 0 spiro atoms. The molecule has 0 radical (unpaired) electrons. The van der Waals surface area contributed by atoms with Crippen LogP contribution < -0.4 is 4.74 Å². The monoisotopic (exact) mass is 353 g/mol. The average molecular weight is 353 g/mol. The molecular weight excluding hydrogens is 326 g/mol. The normalized spacial score (nSPS) is 11.4. The van der Waals surface area contributed by atoms with E-state index < -0.39 is 0 Å². The number of aliphatic hydroxyl groups excluding tert-OH is 1. The largest absolute Gasteiger partial charge is 0.493 e. The third-order valence-corrected chi connectivity index (χ3v) is 4.56. The third kappa shape index (κ3) is 4.23. The Morgan fingerprint density at radius 3 is 2.73 bits per heavy atom. The molecule has 1 N–H and O–H groups in total. The lowest BCUT2D eigenvalue weighted by Gasteiger charge is -2.24. The van der Waals surface area contributed by atoms with Crippen LogP contribution in [0.5, 0.6) is 5.75 Å². The van der Waals surface area contributed by atoms with Gasteiger partial charge in [-0.15, -0.1) is 0 Å². The zero-order valence-electron chi connectivity index (χ0n) is 15.6. The molecule has 1 heterocycles. The number of hydrogen-bond donors (Lipinski definition) is 1. The second kappa shape index (κ2) is 8.83. The standard InChI is InChI=1S/C21H27N3O2/c1-3-12-26-21-9-8-17-6-4-5-7-19(17)20(21)15-24(10-11-25)14-18-13-22-16-23(18)2/h4-9,13,16,25H,3,10-12,14-15H2,1-2H3. The summed E-state index contributed by atoms with van der Waals surface area (Å²) in [6.07, 6.45) is 4.66. The summed E-state index contributed by atoms with van der Waals surface area (Å²) < 4.78 is 8.04. The Morgan fingerprint density at radius 1 is 1.15 bits per heavy atom. The molecule has 0 unspecified atom stereocenters. The van der Waals surface area contributed by atoms with Gasteiger partial charge in [0.2, 0.25) is 0 Å². The minimum absolute atomic E-state index is 0.119. The van der Waals surface area contributed by atoms with Crippen molar-refractivity contribution in [2.24, 2.45) is 7.05 Å². The molecule has 0 aliphatic heterocycles. The van der Waals surface area contributed by atoms with E-state index in [1.807, 2.05) is 17.8 Å². The predicted molar refractivity (Wildman–Crippen MR) is 104 cm³/mol. The fourth-order valence-corrected chi connectivity index (χ4v) is 3.17. The van der Waals surface area contributed by atoms with Gasteiger partial charge in [-0.3, -0.25) is 4.90 Å². The molecule has 0 aliphatic rings. The molecule has 2 aromatic carbocycles. The molecule has 0 saturated carbocycles. The number of rotatable bonds is 9. The van der Waals surface area contributed by atoms with Gasteiger partial charge in [0.1, 0.15) is 5.75 Å². The van der Waals surface area contributed by atoms with Crippen LogP contribution in [0.3, 0.4) is 0 Å². The van der Waals surface area contributed by atoms with E-state index in [1.165, 1.54) is 16.3 Å². The van der Waals surface area contributed by atoms with Crippen LogP contribution in [0, 0.1) is 0 Å². The van der Waals surface area contributed by atoms with Crippen LogP contribution in [-0.2, 0) is 20.1 Å². The Labute approximate surface area is 154 Å². The van der Waals surface area contributed by atoms with Crippen LogP contribution in [-0.4, -0.2) is 39.3 Å². The first-order valence-corrected chi connectivity index (χ1v) is 9.14. The molecule has 3 aromatic rings. The summed E-state index contributed by atoms with van der Waals surface area (Å²) in [6, 6.07) is 12.6. The first-order chi connectivity index (χ1) is 12.7. The Balaban J connectivity index is 1.93. The van der Waals surface area contributed by atoms with Crippen molar-refractivity contribution in [3.05, 3.63) is 60.2 Å². The summed E-state index contributed by atoms with van der Waals surface area (Å²) in [4.78, 5) is 6.43. The molecule has 1 aromatic heterocycles. The highest BCUT2D eigenvalue weighted by molar-refractivity contribution is 5.87. The Kier molecular flexibility index (Phi) is 6.26. The van der Waals surface area contributed by atoms with Crippen LogP contribution >= 0.6 is 0 Å². The summed E-state index contributed by atoms with van der Waals surface area (Å²) in [5.41, 5.74) is 2.29. The lowest BCUT2D eigenvalue weighted by atomic mass is 10.0. The maximum Gasteiger partial charge on any atom is 0.124 e. The van der Waals surface area contributed by atoms with Crippen molar-refractivity contribution in [1.82, 2.24) is 14.5 Å². The van der Waals surface area contributed by atoms with Gasteiger partial charge in [0.15, 0.2) is 0 Å². The minimum atomic E-state index is 0.119. The molecule has 0 amide bonds. The Morgan fingerprint density at radius 2 is 2.00 bits per heavy atom. The molecule has 0 atom stereocenters. The number of benzene rings is 2. The van der Waals surface area contributed by atoms with Crippen LogP contribution in [0.4, 0.5) is 0 Å². The first kappa shape index (κ1) is 18.4. The van der Waals surface area contributed by atoms with Gasteiger partial charge in [-0.2, -0.15) is 0 Å². The summed E-state index contributed by atoms with van der Waals surface area (Å²) in [7, 11) is 1.99. The van der Waals surface area contributed by atoms with Gasteiger partial charge in [0, 0.05) is 38.4 Å². The average Bonchev–Trinajstić information content (AvgIpc) is 3.06. The quantitative estimate of drug-likeness (QED) is 0.641. The molecule has 26 heavy (non-hydrogen) atoms. The Bertz CT molecular complexity index is 844. The molecule has 0 aliphatic carbocycles. The number of nitrogens with zero attached hydrogens (tertiary/aromatic N) is 3. The molecule has 138 valence electrons. The van der Waals surface area contributed by atoms with E-state index in [-0.39, 0.29) is 6.61 Å². The zero-order chi connectivity index (χ0) is 18.4. The number of ether oxygens (including phenoxy) is 1. The van der Waals surface area contributed by atoms with Gasteiger partial charge in [0.05, 0.1) is 25.2 Å². The van der Waals surface area contributed by atoms with Crippen LogP contribution in [0.25, 0.3) is 10.8 Å². The van der Waals surface area contributed by atoms with Crippen LogP contribution in [0.1, 0.15) is 24.6 Å². The van der Waals surface area contributed by atoms with Crippen molar-refractivity contribution >= 4 is 10.8 Å². The number of aromatic nitrogens is 2. The number of fused-ring (bicyclic) bond motifs is 1. The third-order valence-electron chi connectivity index (χ3n) is 4.56. The highest BCUT2D eigenvalue weighted by Crippen LogP contribution is 2.30. The number of imidazole rings is 1. The molecule has 0 saturated heterocycles. The van der Waals surface area contributed by atoms with Gasteiger partial charge in [0.25, 0.3) is 0 Å². The van der Waals surface area contributed by atoms with Crippen molar-refractivity contribution < 1.29 is 9.84 Å². The highest BCUT2D eigenvalue weighted by atomic mass is 16.5. The van der Waals surface area contributed by atoms with Gasteiger partial charge < -0.3 is 14.4 Å². The van der Waals surface area contributed by atoms with Crippen molar-refractivity contribution in [2.45, 2.75) is 26.4 Å². The lowest BCUT2D eigenvalue weighted by molar-refractivity contribution is 0.180. The second-order valence-electron chi connectivity index (χ2n) is 6.54. The number of aryl methyl sites for hydroxylation is 1. The van der Waals surface area contributed by atoms with E-state index in [0.717, 1.165) is 24.4 Å². The van der Waals surface area contributed by atoms with Crippen molar-refractivity contribution in [3.63, 3.8) is 0 Å².